The van der Waals surface area contributed by atoms with Gasteiger partial charge in [-0.2, -0.15) is 0 Å². The molecule has 4 rings (SSSR count). The predicted octanol–water partition coefficient (Wildman–Crippen LogP) is 8.29. The Morgan fingerprint density at radius 3 is 2.34 bits per heavy atom. The molecule has 180 valence electrons. The fourth-order valence-corrected chi connectivity index (χ4v) is 5.24. The van der Waals surface area contributed by atoms with E-state index in [-0.39, 0.29) is 16.4 Å². The number of aromatic carboxylic acids is 1. The average Bonchev–Trinajstić information content (AvgIpc) is 3.24. The van der Waals surface area contributed by atoms with Gasteiger partial charge in [0, 0.05) is 16.9 Å². The number of nitrogens with zero attached hydrogens (tertiary/aromatic N) is 2. The molecule has 0 fully saturated rings. The number of imidazole rings is 1. The van der Waals surface area contributed by atoms with E-state index in [0.717, 1.165) is 22.5 Å². The smallest absolute Gasteiger partial charge is 0.337 e. The van der Waals surface area contributed by atoms with Crippen LogP contribution in [0.1, 0.15) is 41.0 Å². The quantitative estimate of drug-likeness (QED) is 0.236. The SMILES string of the molecule is CC(C)(c1ccc(Cl)c(Cl)c1)c1cnc(SCc2ccc(C(=O)O)c(Cl)c2)n1-c1ccc(F)cc1. The van der Waals surface area contributed by atoms with Crippen molar-refractivity contribution in [2.24, 2.45) is 0 Å². The number of thioether (sulfide) groups is 1. The number of halogens is 4. The number of aromatic nitrogens is 2. The zero-order valence-corrected chi connectivity index (χ0v) is 21.8. The van der Waals surface area contributed by atoms with Crippen LogP contribution in [-0.2, 0) is 11.2 Å². The van der Waals surface area contributed by atoms with Gasteiger partial charge in [-0.05, 0) is 59.7 Å². The summed E-state index contributed by atoms with van der Waals surface area (Å²) in [4.78, 5) is 15.9. The lowest BCUT2D eigenvalue weighted by Crippen LogP contribution is -2.23. The number of carboxylic acids is 1. The Morgan fingerprint density at radius 2 is 1.71 bits per heavy atom. The lowest BCUT2D eigenvalue weighted by molar-refractivity contribution is 0.0697. The van der Waals surface area contributed by atoms with E-state index in [1.165, 1.54) is 30.0 Å². The van der Waals surface area contributed by atoms with E-state index in [1.54, 1.807) is 36.5 Å². The first-order valence-electron chi connectivity index (χ1n) is 10.5. The van der Waals surface area contributed by atoms with Crippen molar-refractivity contribution in [2.45, 2.75) is 30.2 Å². The van der Waals surface area contributed by atoms with Gasteiger partial charge in [0.2, 0.25) is 0 Å². The van der Waals surface area contributed by atoms with Gasteiger partial charge in [-0.1, -0.05) is 72.5 Å². The number of hydrogen-bond donors (Lipinski definition) is 1. The van der Waals surface area contributed by atoms with Crippen molar-refractivity contribution in [2.75, 3.05) is 0 Å². The Labute approximate surface area is 221 Å². The Hall–Kier alpha value is -2.51. The molecule has 0 saturated carbocycles. The Morgan fingerprint density at radius 1 is 1.00 bits per heavy atom. The molecule has 0 atom stereocenters. The van der Waals surface area contributed by atoms with Crippen molar-refractivity contribution in [3.05, 3.63) is 110 Å². The van der Waals surface area contributed by atoms with Crippen molar-refractivity contribution in [1.82, 2.24) is 9.55 Å². The van der Waals surface area contributed by atoms with Crippen molar-refractivity contribution in [3.63, 3.8) is 0 Å². The molecule has 0 saturated heterocycles. The first-order valence-corrected chi connectivity index (χ1v) is 12.6. The predicted molar refractivity (Wildman–Crippen MR) is 140 cm³/mol. The first kappa shape index (κ1) is 25.6. The molecule has 0 aliphatic heterocycles. The number of hydrogen-bond acceptors (Lipinski definition) is 3. The van der Waals surface area contributed by atoms with Gasteiger partial charge in [0.05, 0.1) is 32.5 Å². The number of rotatable bonds is 7. The molecule has 0 aliphatic carbocycles. The molecule has 0 amide bonds. The first-order chi connectivity index (χ1) is 16.6. The van der Waals surface area contributed by atoms with Crippen LogP contribution in [0.5, 0.6) is 0 Å². The minimum absolute atomic E-state index is 0.0545. The largest absolute Gasteiger partial charge is 0.478 e. The van der Waals surface area contributed by atoms with Crippen molar-refractivity contribution in [3.8, 4) is 5.69 Å². The molecule has 0 aliphatic rings. The molecule has 1 aromatic heterocycles. The Balaban J connectivity index is 1.74. The van der Waals surface area contributed by atoms with E-state index >= 15 is 0 Å². The van der Waals surface area contributed by atoms with Gasteiger partial charge in [0.25, 0.3) is 0 Å². The molecule has 4 nitrogen and oxygen atoms in total. The van der Waals surface area contributed by atoms with Gasteiger partial charge in [-0.3, -0.25) is 4.57 Å². The van der Waals surface area contributed by atoms with Crippen LogP contribution < -0.4 is 0 Å². The Bertz CT molecular complexity index is 1400. The second-order valence-electron chi connectivity index (χ2n) is 8.40. The monoisotopic (exact) mass is 548 g/mol. The molecule has 3 aromatic carbocycles. The summed E-state index contributed by atoms with van der Waals surface area (Å²) < 4.78 is 15.7. The molecule has 9 heteroatoms. The van der Waals surface area contributed by atoms with Crippen LogP contribution in [0.3, 0.4) is 0 Å². The maximum Gasteiger partial charge on any atom is 0.337 e. The highest BCUT2D eigenvalue weighted by atomic mass is 35.5. The lowest BCUT2D eigenvalue weighted by Gasteiger charge is -2.28. The highest BCUT2D eigenvalue weighted by molar-refractivity contribution is 7.98. The fourth-order valence-electron chi connectivity index (χ4n) is 3.72. The van der Waals surface area contributed by atoms with Crippen LogP contribution in [-0.4, -0.2) is 20.6 Å². The molecule has 0 unspecified atom stereocenters. The van der Waals surface area contributed by atoms with Crippen LogP contribution in [0.4, 0.5) is 4.39 Å². The van der Waals surface area contributed by atoms with Gasteiger partial charge in [-0.15, -0.1) is 0 Å². The third-order valence-electron chi connectivity index (χ3n) is 5.73. The summed E-state index contributed by atoms with van der Waals surface area (Å²) in [5, 5.41) is 11.0. The van der Waals surface area contributed by atoms with E-state index < -0.39 is 11.4 Å². The minimum Gasteiger partial charge on any atom is -0.478 e. The van der Waals surface area contributed by atoms with Crippen molar-refractivity contribution in [1.29, 1.82) is 0 Å². The molecule has 0 radical (unpaired) electrons. The summed E-state index contributed by atoms with van der Waals surface area (Å²) in [5.41, 5.74) is 2.98. The normalized spacial score (nSPS) is 11.6. The van der Waals surface area contributed by atoms with E-state index in [2.05, 4.69) is 18.8 Å². The maximum absolute atomic E-state index is 13.7. The van der Waals surface area contributed by atoms with E-state index in [9.17, 15) is 14.3 Å². The Kier molecular flexibility index (Phi) is 7.48. The van der Waals surface area contributed by atoms with Crippen LogP contribution in [0.15, 0.2) is 72.0 Å². The summed E-state index contributed by atoms with van der Waals surface area (Å²) in [6, 6.07) is 16.6. The van der Waals surface area contributed by atoms with Crippen LogP contribution in [0.25, 0.3) is 5.69 Å². The summed E-state index contributed by atoms with van der Waals surface area (Å²) in [6.45, 7) is 4.12. The molecule has 1 N–H and O–H groups in total. The molecular formula is C26H20Cl3FN2O2S. The second kappa shape index (κ2) is 10.2. The zero-order valence-electron chi connectivity index (χ0n) is 18.7. The van der Waals surface area contributed by atoms with E-state index in [1.807, 2.05) is 16.7 Å². The van der Waals surface area contributed by atoms with Crippen LogP contribution >= 0.6 is 46.6 Å². The number of benzene rings is 3. The van der Waals surface area contributed by atoms with E-state index in [0.29, 0.717) is 21.0 Å². The third-order valence-corrected chi connectivity index (χ3v) is 7.80. The minimum atomic E-state index is -1.07. The van der Waals surface area contributed by atoms with Crippen molar-refractivity contribution >= 4 is 52.5 Å². The summed E-state index contributed by atoms with van der Waals surface area (Å²) in [7, 11) is 0. The third kappa shape index (κ3) is 5.36. The lowest BCUT2D eigenvalue weighted by atomic mass is 9.81. The number of carboxylic acid groups (broad SMARTS) is 1. The van der Waals surface area contributed by atoms with Gasteiger partial charge < -0.3 is 5.11 Å². The molecule has 35 heavy (non-hydrogen) atoms. The second-order valence-corrected chi connectivity index (χ2v) is 10.6. The number of carbonyl (C=O) groups is 1. The molecule has 4 aromatic rings. The summed E-state index contributed by atoms with van der Waals surface area (Å²) in [5.74, 6) is -0.901. The fraction of sp³-hybridized carbons (Fsp3) is 0.154. The molecular weight excluding hydrogens is 530 g/mol. The van der Waals surface area contributed by atoms with Gasteiger partial charge in [0.15, 0.2) is 5.16 Å². The summed E-state index contributed by atoms with van der Waals surface area (Å²) >= 11 is 20.0. The molecule has 1 heterocycles. The van der Waals surface area contributed by atoms with Crippen LogP contribution in [0, 0.1) is 5.82 Å². The molecule has 0 bridgehead atoms. The van der Waals surface area contributed by atoms with Crippen LogP contribution in [0.2, 0.25) is 15.1 Å². The van der Waals surface area contributed by atoms with Gasteiger partial charge in [0.1, 0.15) is 5.82 Å². The zero-order chi connectivity index (χ0) is 25.3. The standard InChI is InChI=1S/C26H20Cl3FN2O2S/c1-26(2,16-4-10-20(27)22(29)12-16)23-13-31-25(32(23)18-7-5-17(30)6-8-18)35-14-15-3-9-19(24(33)34)21(28)11-15/h3-13H,14H2,1-2H3,(H,33,34). The highest BCUT2D eigenvalue weighted by Gasteiger charge is 2.30. The summed E-state index contributed by atoms with van der Waals surface area (Å²) in [6.07, 6.45) is 1.80. The van der Waals surface area contributed by atoms with Gasteiger partial charge in [-0.25, -0.2) is 14.2 Å². The average molecular weight is 550 g/mol. The van der Waals surface area contributed by atoms with E-state index in [4.69, 9.17) is 34.8 Å². The van der Waals surface area contributed by atoms with Crippen molar-refractivity contribution < 1.29 is 14.3 Å². The topological polar surface area (TPSA) is 55.1 Å². The highest BCUT2D eigenvalue weighted by Crippen LogP contribution is 2.38. The maximum atomic E-state index is 13.7. The molecule has 0 spiro atoms. The van der Waals surface area contributed by atoms with Gasteiger partial charge >= 0.3 is 5.97 Å².